The maximum Gasteiger partial charge on any atom is -0.00260 e. The van der Waals surface area contributed by atoms with E-state index in [0.29, 0.717) is 0 Å². The molecule has 0 saturated heterocycles. The predicted molar refractivity (Wildman–Crippen MR) is 312 cm³/mol. The molecule has 0 atom stereocenters. The van der Waals surface area contributed by atoms with Crippen LogP contribution in [0.2, 0.25) is 0 Å². The average molecular weight is 923 g/mol. The van der Waals surface area contributed by atoms with Crippen LogP contribution in [0.4, 0.5) is 0 Å². The summed E-state index contributed by atoms with van der Waals surface area (Å²) < 4.78 is 0. The van der Waals surface area contributed by atoms with Gasteiger partial charge < -0.3 is 0 Å². The highest BCUT2D eigenvalue weighted by Gasteiger charge is 2.19. The first-order chi connectivity index (χ1) is 34.9. The first-order valence-corrected chi connectivity index (χ1v) is 25.5. The van der Waals surface area contributed by atoms with Gasteiger partial charge in [-0.15, -0.1) is 0 Å². The van der Waals surface area contributed by atoms with E-state index in [-0.39, 0.29) is 0 Å². The molecule has 0 saturated carbocycles. The smallest absolute Gasteiger partial charge is 0.00260 e. The molecule has 72 heavy (non-hydrogen) atoms. The van der Waals surface area contributed by atoms with Crippen molar-refractivity contribution in [1.82, 2.24) is 0 Å². The molecule has 0 spiro atoms. The van der Waals surface area contributed by atoms with Crippen molar-refractivity contribution in [2.24, 2.45) is 0 Å². The van der Waals surface area contributed by atoms with Gasteiger partial charge >= 0.3 is 0 Å². The fraction of sp³-hybridized carbons (Fsp3) is 0.111. The van der Waals surface area contributed by atoms with Gasteiger partial charge in [0.2, 0.25) is 0 Å². The molecule has 0 aliphatic rings. The number of hydrogen-bond donors (Lipinski definition) is 0. The number of benzene rings is 12. The normalized spacial score (nSPS) is 11.6. The number of hydrogen-bond acceptors (Lipinski definition) is 0. The van der Waals surface area contributed by atoms with Gasteiger partial charge in [0.15, 0.2) is 0 Å². The molecule has 0 aromatic heterocycles. The minimum Gasteiger partial charge on any atom is -0.0587 e. The summed E-state index contributed by atoms with van der Waals surface area (Å²) in [6.07, 6.45) is 0. The van der Waals surface area contributed by atoms with Crippen molar-refractivity contribution in [1.29, 1.82) is 0 Å². The molecule has 12 rings (SSSR count). The van der Waals surface area contributed by atoms with E-state index in [9.17, 15) is 0 Å². The number of fused-ring (bicyclic) bond motifs is 4. The summed E-state index contributed by atoms with van der Waals surface area (Å²) in [7, 11) is 0. The minimum absolute atomic E-state index is 1.22. The van der Waals surface area contributed by atoms with Crippen molar-refractivity contribution < 1.29 is 0 Å². The third-order valence-corrected chi connectivity index (χ3v) is 15.4. The van der Waals surface area contributed by atoms with Crippen LogP contribution >= 0.6 is 0 Å². The zero-order valence-electron chi connectivity index (χ0n) is 42.6. The zero-order valence-corrected chi connectivity index (χ0v) is 42.6. The summed E-state index contributed by atoms with van der Waals surface area (Å²) in [6, 6.07) is 78.2. The fourth-order valence-corrected chi connectivity index (χ4v) is 11.6. The van der Waals surface area contributed by atoms with E-state index >= 15 is 0 Å². The van der Waals surface area contributed by atoms with Crippen LogP contribution in [0.15, 0.2) is 206 Å². The Labute approximate surface area is 424 Å². The van der Waals surface area contributed by atoms with Gasteiger partial charge in [-0.3, -0.25) is 0 Å². The van der Waals surface area contributed by atoms with Crippen LogP contribution in [0.25, 0.3) is 121 Å². The Bertz CT molecular complexity index is 4130. The van der Waals surface area contributed by atoms with Crippen molar-refractivity contribution in [2.75, 3.05) is 0 Å². The van der Waals surface area contributed by atoms with E-state index in [1.807, 2.05) is 0 Å². The van der Waals surface area contributed by atoms with Gasteiger partial charge in [-0.05, 0) is 217 Å². The highest BCUT2D eigenvalue weighted by Crippen LogP contribution is 2.46. The standard InChI is InChI=1S/C72H58/c1-43-9-13-51(14-10-43)56-27-31-63(48(6)37-56)53-19-21-54(22-20-53)64-32-28-57(38-49(64)7)52-15-17-55(18-16-52)67-41-58-23-25-60(40-62(58)39-50(67)8)71-65-29-11-45(3)36-70(65)72(66-30-12-44(2)35-69(66)71)61-26-24-59-34-46(4)33-47(5)68(59)42-61/h9-42H,1-8H3. The molecule has 0 aliphatic heterocycles. The Morgan fingerprint density at radius 2 is 0.611 bits per heavy atom. The maximum absolute atomic E-state index is 2.42. The summed E-state index contributed by atoms with van der Waals surface area (Å²) in [4.78, 5) is 0. The molecule has 0 heteroatoms. The second-order valence-electron chi connectivity index (χ2n) is 20.7. The summed E-state index contributed by atoms with van der Waals surface area (Å²) >= 11 is 0. The topological polar surface area (TPSA) is 0 Å². The van der Waals surface area contributed by atoms with E-state index in [1.165, 1.54) is 165 Å². The van der Waals surface area contributed by atoms with Gasteiger partial charge in [-0.25, -0.2) is 0 Å². The van der Waals surface area contributed by atoms with Crippen molar-refractivity contribution in [3.8, 4) is 77.9 Å². The van der Waals surface area contributed by atoms with Gasteiger partial charge in [0.05, 0.1) is 0 Å². The molecule has 0 aliphatic carbocycles. The van der Waals surface area contributed by atoms with Crippen LogP contribution in [0.5, 0.6) is 0 Å². The van der Waals surface area contributed by atoms with Crippen LogP contribution in [-0.4, -0.2) is 0 Å². The second kappa shape index (κ2) is 17.8. The molecule has 0 amide bonds. The van der Waals surface area contributed by atoms with Crippen molar-refractivity contribution in [2.45, 2.75) is 55.4 Å². The fourth-order valence-electron chi connectivity index (χ4n) is 11.6. The van der Waals surface area contributed by atoms with Crippen LogP contribution in [0, 0.1) is 55.4 Å². The van der Waals surface area contributed by atoms with Crippen LogP contribution < -0.4 is 0 Å². The average Bonchev–Trinajstić information content (AvgIpc) is 3.38. The third kappa shape index (κ3) is 8.08. The molecule has 12 aromatic rings. The molecule has 0 unspecified atom stereocenters. The summed E-state index contributed by atoms with van der Waals surface area (Å²) in [5.41, 5.74) is 27.8. The highest BCUT2D eigenvalue weighted by atomic mass is 14.2. The Hall–Kier alpha value is -8.32. The van der Waals surface area contributed by atoms with Gasteiger partial charge in [-0.2, -0.15) is 0 Å². The molecule has 0 nitrogen and oxygen atoms in total. The van der Waals surface area contributed by atoms with Gasteiger partial charge in [0, 0.05) is 0 Å². The van der Waals surface area contributed by atoms with Gasteiger partial charge in [0.1, 0.15) is 0 Å². The molecular weight excluding hydrogens is 865 g/mol. The van der Waals surface area contributed by atoms with E-state index in [2.05, 4.69) is 262 Å². The minimum atomic E-state index is 1.22. The monoisotopic (exact) mass is 922 g/mol. The molecule has 0 bridgehead atoms. The molecule has 0 radical (unpaired) electrons. The van der Waals surface area contributed by atoms with E-state index in [0.717, 1.165) is 0 Å². The van der Waals surface area contributed by atoms with E-state index in [4.69, 9.17) is 0 Å². The first kappa shape index (κ1) is 44.9. The lowest BCUT2D eigenvalue weighted by atomic mass is 9.84. The lowest BCUT2D eigenvalue weighted by molar-refractivity contribution is 1.43. The Kier molecular flexibility index (Phi) is 11.1. The Morgan fingerprint density at radius 3 is 1.15 bits per heavy atom. The molecule has 0 fully saturated rings. The highest BCUT2D eigenvalue weighted by molar-refractivity contribution is 6.22. The largest absolute Gasteiger partial charge is 0.0587 e. The molecular formula is C72H58. The predicted octanol–water partition coefficient (Wildman–Crippen LogP) is 20.4. The van der Waals surface area contributed by atoms with Gasteiger partial charge in [-0.1, -0.05) is 210 Å². The van der Waals surface area contributed by atoms with E-state index in [1.54, 1.807) is 0 Å². The van der Waals surface area contributed by atoms with Crippen LogP contribution in [-0.2, 0) is 0 Å². The third-order valence-electron chi connectivity index (χ3n) is 15.4. The van der Waals surface area contributed by atoms with Gasteiger partial charge in [0.25, 0.3) is 0 Å². The van der Waals surface area contributed by atoms with E-state index < -0.39 is 0 Å². The Morgan fingerprint density at radius 1 is 0.181 bits per heavy atom. The zero-order chi connectivity index (χ0) is 49.4. The van der Waals surface area contributed by atoms with Crippen molar-refractivity contribution >= 4 is 43.1 Å². The Balaban J connectivity index is 0.831. The molecule has 12 aromatic carbocycles. The second-order valence-corrected chi connectivity index (χ2v) is 20.7. The SMILES string of the molecule is Cc1ccc(-c2ccc(-c3ccc(-c4ccc(-c5ccc(-c6cc7ccc(-c8c9ccc(C)cc9c(-c9ccc%10cc(C)cc(C)c%10c9)c9ccc(C)cc89)cc7cc6C)cc5)cc4C)cc3)c(C)c2)cc1. The van der Waals surface area contributed by atoms with Crippen molar-refractivity contribution in [3.05, 3.63) is 251 Å². The lowest BCUT2D eigenvalue weighted by Gasteiger charge is -2.20. The van der Waals surface area contributed by atoms with Crippen molar-refractivity contribution in [3.63, 3.8) is 0 Å². The number of rotatable bonds is 7. The quantitative estimate of drug-likeness (QED) is 0.140. The van der Waals surface area contributed by atoms with Crippen LogP contribution in [0.3, 0.4) is 0 Å². The molecule has 0 N–H and O–H groups in total. The number of aryl methyl sites for hydroxylation is 8. The summed E-state index contributed by atoms with van der Waals surface area (Å²) in [6.45, 7) is 17.7. The molecule has 0 heterocycles. The maximum atomic E-state index is 2.42. The van der Waals surface area contributed by atoms with Crippen LogP contribution in [0.1, 0.15) is 44.5 Å². The molecule has 346 valence electrons. The summed E-state index contributed by atoms with van der Waals surface area (Å²) in [5, 5.41) is 10.3. The summed E-state index contributed by atoms with van der Waals surface area (Å²) in [5.74, 6) is 0. The lowest BCUT2D eigenvalue weighted by Crippen LogP contribution is -1.93. The first-order valence-electron chi connectivity index (χ1n) is 25.5.